The topological polar surface area (TPSA) is 72.8 Å². The van der Waals surface area contributed by atoms with E-state index in [2.05, 4.69) is 5.10 Å². The van der Waals surface area contributed by atoms with Gasteiger partial charge in [-0.2, -0.15) is 10.1 Å². The number of benzene rings is 1. The third-order valence-corrected chi connectivity index (χ3v) is 3.72. The monoisotopic (exact) mass is 297 g/mol. The van der Waals surface area contributed by atoms with E-state index in [1.54, 1.807) is 36.4 Å². The number of hydrazone groups is 1. The van der Waals surface area contributed by atoms with Gasteiger partial charge < -0.3 is 9.90 Å². The Kier molecular flexibility index (Phi) is 3.37. The molecule has 21 heavy (non-hydrogen) atoms. The smallest absolute Gasteiger partial charge is 0.281 e. The van der Waals surface area contributed by atoms with E-state index in [1.165, 1.54) is 17.4 Å². The van der Waals surface area contributed by atoms with Crippen LogP contribution in [0.5, 0.6) is 0 Å². The molecule has 1 amide bonds. The van der Waals surface area contributed by atoms with Crippen molar-refractivity contribution in [2.24, 2.45) is 5.10 Å². The predicted molar refractivity (Wildman–Crippen MR) is 78.7 cm³/mol. The average molecular weight is 297 g/mol. The largest absolute Gasteiger partial charge is 0.543 e. The number of carboxylic acids is 1. The summed E-state index contributed by atoms with van der Waals surface area (Å²) in [5.41, 5.74) is 0.189. The summed E-state index contributed by atoms with van der Waals surface area (Å²) in [7, 11) is 0. The molecule has 5 nitrogen and oxygen atoms in total. The number of hydrogen-bond acceptors (Lipinski definition) is 5. The highest BCUT2D eigenvalue weighted by molar-refractivity contribution is 7.10. The first-order valence-electron chi connectivity index (χ1n) is 6.12. The molecule has 104 valence electrons. The molecule has 0 saturated carbocycles. The first-order valence-corrected chi connectivity index (χ1v) is 7.00. The summed E-state index contributed by atoms with van der Waals surface area (Å²) in [6.45, 7) is 0. The van der Waals surface area contributed by atoms with Crippen molar-refractivity contribution in [2.75, 3.05) is 5.01 Å². The number of carbonyl (C=O) groups excluding carboxylic acids is 2. The van der Waals surface area contributed by atoms with Crippen molar-refractivity contribution in [3.05, 3.63) is 58.3 Å². The molecule has 0 radical (unpaired) electrons. The summed E-state index contributed by atoms with van der Waals surface area (Å²) < 4.78 is 0. The predicted octanol–water partition coefficient (Wildman–Crippen LogP) is 1.28. The molecule has 0 fully saturated rings. The normalized spacial score (nSPS) is 16.4. The molecular formula is C15H9N2O3S-. The lowest BCUT2D eigenvalue weighted by atomic mass is 10.1. The van der Waals surface area contributed by atoms with Crippen molar-refractivity contribution in [1.29, 1.82) is 0 Å². The number of amides is 1. The Bertz CT molecular complexity index is 748. The molecule has 0 N–H and O–H groups in total. The number of anilines is 1. The van der Waals surface area contributed by atoms with Gasteiger partial charge in [-0.25, -0.2) is 0 Å². The molecule has 0 atom stereocenters. The van der Waals surface area contributed by atoms with Crippen molar-refractivity contribution in [3.63, 3.8) is 0 Å². The molecule has 3 rings (SSSR count). The zero-order chi connectivity index (χ0) is 14.8. The summed E-state index contributed by atoms with van der Waals surface area (Å²) in [5, 5.41) is 18.0. The molecule has 1 aliphatic rings. The van der Waals surface area contributed by atoms with Gasteiger partial charge in [-0.3, -0.25) is 4.79 Å². The van der Waals surface area contributed by atoms with Crippen LogP contribution in [0.4, 0.5) is 5.69 Å². The van der Waals surface area contributed by atoms with Crippen molar-refractivity contribution in [2.45, 2.75) is 0 Å². The van der Waals surface area contributed by atoms with Crippen LogP contribution in [-0.4, -0.2) is 17.6 Å². The van der Waals surface area contributed by atoms with Crippen LogP contribution in [-0.2, 0) is 9.59 Å². The molecule has 0 unspecified atom stereocenters. The number of aliphatic carboxylic acids is 1. The Hall–Kier alpha value is -2.73. The highest BCUT2D eigenvalue weighted by Gasteiger charge is 2.31. The molecule has 6 heteroatoms. The Morgan fingerprint density at radius 2 is 1.95 bits per heavy atom. The first kappa shape index (κ1) is 13.3. The second kappa shape index (κ2) is 5.34. The van der Waals surface area contributed by atoms with Gasteiger partial charge in [-0.05, 0) is 29.7 Å². The maximum atomic E-state index is 12.4. The van der Waals surface area contributed by atoms with Crippen LogP contribution in [0.15, 0.2) is 58.5 Å². The van der Waals surface area contributed by atoms with Gasteiger partial charge in [0, 0.05) is 4.88 Å². The molecule has 2 aromatic rings. The molecular weight excluding hydrogens is 288 g/mol. The van der Waals surface area contributed by atoms with E-state index in [-0.39, 0.29) is 11.3 Å². The van der Waals surface area contributed by atoms with Crippen LogP contribution in [0, 0.1) is 0 Å². The SMILES string of the molecule is O=C([O-])C1=NN(c2ccccc2)C(=O)/C1=C\c1cccs1. The summed E-state index contributed by atoms with van der Waals surface area (Å²) in [6, 6.07) is 12.3. The molecule has 1 aromatic heterocycles. The Morgan fingerprint density at radius 3 is 2.57 bits per heavy atom. The highest BCUT2D eigenvalue weighted by atomic mass is 32.1. The summed E-state index contributed by atoms with van der Waals surface area (Å²) >= 11 is 1.41. The van der Waals surface area contributed by atoms with Gasteiger partial charge in [0.25, 0.3) is 5.91 Å². The van der Waals surface area contributed by atoms with Gasteiger partial charge in [0.2, 0.25) is 0 Å². The Labute approximate surface area is 124 Å². The zero-order valence-electron chi connectivity index (χ0n) is 10.7. The molecule has 0 aliphatic carbocycles. The number of hydrogen-bond donors (Lipinski definition) is 0. The number of thiophene rings is 1. The van der Waals surface area contributed by atoms with Gasteiger partial charge in [0.15, 0.2) is 0 Å². The van der Waals surface area contributed by atoms with E-state index in [0.29, 0.717) is 5.69 Å². The Balaban J connectivity index is 2.05. The third kappa shape index (κ3) is 2.48. The lowest BCUT2D eigenvalue weighted by molar-refractivity contribution is -0.294. The minimum absolute atomic E-state index is 0.0290. The molecule has 0 bridgehead atoms. The lowest BCUT2D eigenvalue weighted by Crippen LogP contribution is -2.32. The summed E-state index contributed by atoms with van der Waals surface area (Å²) in [6.07, 6.45) is 1.52. The number of nitrogens with zero attached hydrogens (tertiary/aromatic N) is 2. The minimum atomic E-state index is -1.47. The molecule has 0 saturated heterocycles. The van der Waals surface area contributed by atoms with Gasteiger partial charge in [-0.15, -0.1) is 11.3 Å². The van der Waals surface area contributed by atoms with Crippen LogP contribution in [0.2, 0.25) is 0 Å². The van der Waals surface area contributed by atoms with E-state index < -0.39 is 11.9 Å². The van der Waals surface area contributed by atoms with Gasteiger partial charge in [-0.1, -0.05) is 24.3 Å². The maximum absolute atomic E-state index is 12.4. The van der Waals surface area contributed by atoms with Crippen molar-refractivity contribution >= 4 is 40.7 Å². The number of carbonyl (C=O) groups is 2. The molecule has 1 aromatic carbocycles. The highest BCUT2D eigenvalue weighted by Crippen LogP contribution is 2.25. The average Bonchev–Trinajstić information content (AvgIpc) is 3.10. The van der Waals surface area contributed by atoms with Crippen molar-refractivity contribution in [1.82, 2.24) is 0 Å². The summed E-state index contributed by atoms with van der Waals surface area (Å²) in [5.74, 6) is -1.95. The van der Waals surface area contributed by atoms with Crippen LogP contribution >= 0.6 is 11.3 Å². The van der Waals surface area contributed by atoms with Crippen LogP contribution in [0.1, 0.15) is 4.88 Å². The lowest BCUT2D eigenvalue weighted by Gasteiger charge is -2.10. The van der Waals surface area contributed by atoms with E-state index in [9.17, 15) is 14.7 Å². The molecule has 1 aliphatic heterocycles. The fourth-order valence-corrected chi connectivity index (χ4v) is 2.61. The third-order valence-electron chi connectivity index (χ3n) is 2.90. The number of rotatable bonds is 3. The number of carboxylic acid groups (broad SMARTS) is 1. The Morgan fingerprint density at radius 1 is 1.19 bits per heavy atom. The fraction of sp³-hybridized carbons (Fsp3) is 0. The summed E-state index contributed by atoms with van der Waals surface area (Å²) in [4.78, 5) is 24.4. The molecule has 2 heterocycles. The van der Waals surface area contributed by atoms with Crippen molar-refractivity contribution < 1.29 is 14.7 Å². The standard InChI is InChI=1S/C15H10N2O3S/c18-14-12(9-11-7-4-8-21-11)13(15(19)20)16-17(14)10-5-2-1-3-6-10/h1-9H,(H,19,20)/p-1/b12-9-. The zero-order valence-corrected chi connectivity index (χ0v) is 11.5. The second-order valence-electron chi connectivity index (χ2n) is 4.26. The van der Waals surface area contributed by atoms with E-state index >= 15 is 0 Å². The van der Waals surface area contributed by atoms with Crippen molar-refractivity contribution in [3.8, 4) is 0 Å². The first-order chi connectivity index (χ1) is 10.2. The quantitative estimate of drug-likeness (QED) is 0.801. The van der Waals surface area contributed by atoms with Crippen LogP contribution in [0.25, 0.3) is 6.08 Å². The van der Waals surface area contributed by atoms with Crippen LogP contribution < -0.4 is 10.1 Å². The van der Waals surface area contributed by atoms with E-state index in [0.717, 1.165) is 9.89 Å². The van der Waals surface area contributed by atoms with E-state index in [4.69, 9.17) is 0 Å². The number of para-hydroxylation sites is 1. The van der Waals surface area contributed by atoms with Gasteiger partial charge in [0.1, 0.15) is 5.71 Å². The van der Waals surface area contributed by atoms with Gasteiger partial charge in [0.05, 0.1) is 17.2 Å². The maximum Gasteiger partial charge on any atom is 0.281 e. The van der Waals surface area contributed by atoms with E-state index in [1.807, 2.05) is 11.4 Å². The fourth-order valence-electron chi connectivity index (χ4n) is 1.96. The van der Waals surface area contributed by atoms with Crippen LogP contribution in [0.3, 0.4) is 0 Å². The van der Waals surface area contributed by atoms with Gasteiger partial charge >= 0.3 is 0 Å². The molecule has 0 spiro atoms. The second-order valence-corrected chi connectivity index (χ2v) is 5.24. The minimum Gasteiger partial charge on any atom is -0.543 e.